The zero-order valence-electron chi connectivity index (χ0n) is 33.3. The molecule has 3 unspecified atom stereocenters. The molecule has 0 radical (unpaired) electrons. The number of rotatable bonds is 19. The number of carbonyl (C=O) groups excluding carboxylic acids is 1. The van der Waals surface area contributed by atoms with Crippen LogP contribution in [0.4, 0.5) is 0 Å². The van der Waals surface area contributed by atoms with Crippen molar-refractivity contribution >= 4 is 5.97 Å². The Morgan fingerprint density at radius 1 is 0.542 bits per heavy atom. The summed E-state index contributed by atoms with van der Waals surface area (Å²) in [7, 11) is 0. The van der Waals surface area contributed by atoms with Crippen molar-refractivity contribution in [1.82, 2.24) is 0 Å². The maximum atomic E-state index is 12.2. The van der Waals surface area contributed by atoms with E-state index in [-0.39, 0.29) is 39.5 Å². The third kappa shape index (κ3) is 11.0. The van der Waals surface area contributed by atoms with Gasteiger partial charge in [0.1, 0.15) is 36.6 Å². The third-order valence-electron chi connectivity index (χ3n) is 10.6. The number of carbonyl (C=O) groups is 1. The molecule has 8 heteroatoms. The van der Waals surface area contributed by atoms with Crippen molar-refractivity contribution in [2.75, 3.05) is 13.2 Å². The molecule has 1 N–H and O–H groups in total. The maximum absolute atomic E-state index is 12.2. The highest BCUT2D eigenvalue weighted by Gasteiger charge is 2.49. The van der Waals surface area contributed by atoms with E-state index in [1.807, 2.05) is 182 Å². The van der Waals surface area contributed by atoms with E-state index >= 15 is 0 Å². The highest BCUT2D eigenvalue weighted by molar-refractivity contribution is 5.65. The maximum Gasteiger partial charge on any atom is 0.302 e. The van der Waals surface area contributed by atoms with E-state index < -0.39 is 48.2 Å². The second kappa shape index (κ2) is 21.0. The molecule has 0 spiro atoms. The molecule has 1 fully saturated rings. The molecule has 1 aliphatic rings. The Morgan fingerprint density at radius 3 is 1.29 bits per heavy atom. The van der Waals surface area contributed by atoms with E-state index in [9.17, 15) is 9.90 Å². The molecule has 6 aromatic carbocycles. The predicted molar refractivity (Wildman–Crippen MR) is 226 cm³/mol. The Kier molecular flexibility index (Phi) is 14.8. The lowest BCUT2D eigenvalue weighted by atomic mass is 9.80. The minimum atomic E-state index is -1.03. The Bertz CT molecular complexity index is 2010. The largest absolute Gasteiger partial charge is 0.463 e. The van der Waals surface area contributed by atoms with Gasteiger partial charge in [0.2, 0.25) is 0 Å². The standard InChI is InChI=1S/C51H52O8/c1-38(52)54-37-47-49(56-34-40-22-10-3-11-23-40)50(57-35-41-24-12-4-13-25-41)48(55-33-39-20-8-2-9-21-39)46(59-47)32-45(53)36-58-51(42-26-14-5-15-27-42,43-28-16-6-17-29-43)44-30-18-7-19-31-44/h2-31,45-50,53H,32-37H2,1H3/t45-,46-,47?,48?,49-,50?/m1/s1. The van der Waals surface area contributed by atoms with Crippen molar-refractivity contribution < 1.29 is 38.3 Å². The first kappa shape index (κ1) is 41.7. The normalized spacial score (nSPS) is 19.8. The van der Waals surface area contributed by atoms with E-state index in [0.717, 1.165) is 33.4 Å². The van der Waals surface area contributed by atoms with Crippen LogP contribution in [0.2, 0.25) is 0 Å². The van der Waals surface area contributed by atoms with Gasteiger partial charge in [-0.3, -0.25) is 4.79 Å². The number of esters is 1. The summed E-state index contributed by atoms with van der Waals surface area (Å²) in [6.45, 7) is 2.06. The Morgan fingerprint density at radius 2 is 0.898 bits per heavy atom. The summed E-state index contributed by atoms with van der Waals surface area (Å²) in [6.07, 6.45) is -4.43. The topological polar surface area (TPSA) is 92.7 Å². The molecule has 6 aromatic rings. The average Bonchev–Trinajstić information content (AvgIpc) is 3.29. The van der Waals surface area contributed by atoms with Crippen LogP contribution in [0, 0.1) is 0 Å². The molecule has 0 amide bonds. The summed E-state index contributed by atoms with van der Waals surface area (Å²) >= 11 is 0. The van der Waals surface area contributed by atoms with Gasteiger partial charge in [0.05, 0.1) is 38.6 Å². The van der Waals surface area contributed by atoms with Crippen molar-refractivity contribution in [3.8, 4) is 0 Å². The van der Waals surface area contributed by atoms with Gasteiger partial charge >= 0.3 is 5.97 Å². The molecule has 7 rings (SSSR count). The molecule has 0 saturated carbocycles. The van der Waals surface area contributed by atoms with Crippen LogP contribution in [-0.2, 0) is 58.6 Å². The highest BCUT2D eigenvalue weighted by Crippen LogP contribution is 2.41. The van der Waals surface area contributed by atoms with Gasteiger partial charge in [-0.2, -0.15) is 0 Å². The number of hydrogen-bond donors (Lipinski definition) is 1. The van der Waals surface area contributed by atoms with E-state index in [2.05, 4.69) is 0 Å². The summed E-state index contributed by atoms with van der Waals surface area (Å²) in [6, 6.07) is 59.9. The number of aliphatic hydroxyl groups excluding tert-OH is 1. The van der Waals surface area contributed by atoms with Crippen LogP contribution >= 0.6 is 0 Å². The molecule has 1 heterocycles. The Balaban J connectivity index is 1.22. The van der Waals surface area contributed by atoms with Gasteiger partial charge in [-0.25, -0.2) is 0 Å². The van der Waals surface area contributed by atoms with Crippen LogP contribution in [0.15, 0.2) is 182 Å². The monoisotopic (exact) mass is 792 g/mol. The minimum absolute atomic E-state index is 0.0396. The van der Waals surface area contributed by atoms with Crippen molar-refractivity contribution in [3.05, 3.63) is 215 Å². The molecule has 1 aliphatic heterocycles. The van der Waals surface area contributed by atoms with Crippen LogP contribution in [0.1, 0.15) is 46.7 Å². The Labute approximate surface area is 347 Å². The number of aliphatic hydroxyl groups is 1. The number of hydrogen-bond acceptors (Lipinski definition) is 8. The van der Waals surface area contributed by atoms with Gasteiger partial charge in [-0.15, -0.1) is 0 Å². The van der Waals surface area contributed by atoms with Crippen LogP contribution < -0.4 is 0 Å². The molecular weight excluding hydrogens is 741 g/mol. The van der Waals surface area contributed by atoms with Crippen LogP contribution in [-0.4, -0.2) is 60.9 Å². The molecule has 0 aromatic heterocycles. The van der Waals surface area contributed by atoms with Crippen LogP contribution in [0.3, 0.4) is 0 Å². The van der Waals surface area contributed by atoms with Crippen LogP contribution in [0.25, 0.3) is 0 Å². The van der Waals surface area contributed by atoms with Crippen molar-refractivity contribution in [2.24, 2.45) is 0 Å². The van der Waals surface area contributed by atoms with Gasteiger partial charge in [-0.1, -0.05) is 182 Å². The van der Waals surface area contributed by atoms with Crippen LogP contribution in [0.5, 0.6) is 0 Å². The molecule has 0 aliphatic carbocycles. The van der Waals surface area contributed by atoms with Gasteiger partial charge in [0.15, 0.2) is 0 Å². The lowest BCUT2D eigenvalue weighted by Crippen LogP contribution is -2.61. The third-order valence-corrected chi connectivity index (χ3v) is 10.6. The fraction of sp³-hybridized carbons (Fsp3) is 0.275. The summed E-state index contributed by atoms with van der Waals surface area (Å²) < 4.78 is 39.8. The average molecular weight is 793 g/mol. The molecule has 1 saturated heterocycles. The Hall–Kier alpha value is -5.45. The molecule has 304 valence electrons. The van der Waals surface area contributed by atoms with E-state index in [0.29, 0.717) is 0 Å². The van der Waals surface area contributed by atoms with Crippen molar-refractivity contribution in [2.45, 2.75) is 75.4 Å². The summed E-state index contributed by atoms with van der Waals surface area (Å²) in [5.74, 6) is -0.441. The van der Waals surface area contributed by atoms with E-state index in [1.165, 1.54) is 6.92 Å². The SMILES string of the molecule is CC(=O)OCC1O[C@H](C[C@@H](O)COC(c2ccccc2)(c2ccccc2)c2ccccc2)C(OCc2ccccc2)C(OCc2ccccc2)[C@@H]1OCc1ccccc1. The smallest absolute Gasteiger partial charge is 0.302 e. The zero-order chi connectivity index (χ0) is 40.7. The first-order valence-corrected chi connectivity index (χ1v) is 20.2. The molecule has 59 heavy (non-hydrogen) atoms. The number of ether oxygens (including phenoxy) is 6. The molecule has 0 bridgehead atoms. The first-order valence-electron chi connectivity index (χ1n) is 20.2. The fourth-order valence-electron chi connectivity index (χ4n) is 7.73. The van der Waals surface area contributed by atoms with Crippen molar-refractivity contribution in [3.63, 3.8) is 0 Å². The highest BCUT2D eigenvalue weighted by atomic mass is 16.6. The summed E-state index contributed by atoms with van der Waals surface area (Å²) in [5, 5.41) is 12.1. The second-order valence-corrected chi connectivity index (χ2v) is 14.8. The fourth-order valence-corrected chi connectivity index (χ4v) is 7.73. The summed E-state index contributed by atoms with van der Waals surface area (Å²) in [5.41, 5.74) is 4.67. The zero-order valence-corrected chi connectivity index (χ0v) is 33.3. The lowest BCUT2D eigenvalue weighted by Gasteiger charge is -2.46. The quantitative estimate of drug-likeness (QED) is 0.0643. The van der Waals surface area contributed by atoms with Gasteiger partial charge in [0, 0.05) is 13.3 Å². The minimum Gasteiger partial charge on any atom is -0.463 e. The molecule has 8 nitrogen and oxygen atoms in total. The first-order chi connectivity index (χ1) is 29.0. The van der Waals surface area contributed by atoms with E-state index in [4.69, 9.17) is 28.4 Å². The molecule has 6 atom stereocenters. The summed E-state index contributed by atoms with van der Waals surface area (Å²) in [4.78, 5) is 12.2. The molecular formula is C51H52O8. The van der Waals surface area contributed by atoms with Crippen molar-refractivity contribution in [1.29, 1.82) is 0 Å². The van der Waals surface area contributed by atoms with Gasteiger partial charge in [-0.05, 0) is 33.4 Å². The number of benzene rings is 6. The second-order valence-electron chi connectivity index (χ2n) is 14.8. The predicted octanol–water partition coefficient (Wildman–Crippen LogP) is 8.83. The van der Waals surface area contributed by atoms with Gasteiger partial charge < -0.3 is 33.5 Å². The lowest BCUT2D eigenvalue weighted by molar-refractivity contribution is -0.275. The van der Waals surface area contributed by atoms with Gasteiger partial charge in [0.25, 0.3) is 0 Å². The van der Waals surface area contributed by atoms with E-state index in [1.54, 1.807) is 0 Å².